The zero-order valence-corrected chi connectivity index (χ0v) is 20.7. The topological polar surface area (TPSA) is 43.2 Å². The maximum Gasteiger partial charge on any atom is 0.0921 e. The molecule has 0 heterocycles. The Labute approximate surface area is 188 Å². The van der Waals surface area contributed by atoms with Crippen LogP contribution in [-0.4, -0.2) is 50.9 Å². The van der Waals surface area contributed by atoms with Crippen LogP contribution < -0.4 is 0 Å². The summed E-state index contributed by atoms with van der Waals surface area (Å²) in [6.07, 6.45) is 21.1. The number of rotatable bonds is 23. The molecule has 0 amide bonds. The average molecular weight is 425 g/mol. The number of hydrogen-bond donors (Lipinski definition) is 0. The van der Waals surface area contributed by atoms with E-state index in [9.17, 15) is 0 Å². The predicted octanol–water partition coefficient (Wildman–Crippen LogP) is 7.44. The first-order valence-corrected chi connectivity index (χ1v) is 13.0. The summed E-state index contributed by atoms with van der Waals surface area (Å²) in [5, 5.41) is 0. The van der Waals surface area contributed by atoms with Crippen LogP contribution in [0.4, 0.5) is 0 Å². The van der Waals surface area contributed by atoms with Crippen molar-refractivity contribution in [1.29, 1.82) is 0 Å². The zero-order chi connectivity index (χ0) is 22.1. The Balaban J connectivity index is 3.85. The fourth-order valence-electron chi connectivity index (χ4n) is 3.11. The first-order chi connectivity index (χ1) is 14.8. The molecule has 0 saturated heterocycles. The molecular weight excluding hydrogens is 372 g/mol. The highest BCUT2D eigenvalue weighted by atomic mass is 16.5. The van der Waals surface area contributed by atoms with Gasteiger partial charge in [0.15, 0.2) is 0 Å². The van der Waals surface area contributed by atoms with Gasteiger partial charge in [-0.3, -0.25) is 9.98 Å². The summed E-state index contributed by atoms with van der Waals surface area (Å²) < 4.78 is 11.9. The Bertz CT molecular complexity index is 349. The Hall–Kier alpha value is -0.740. The summed E-state index contributed by atoms with van der Waals surface area (Å²) in [6, 6.07) is 0. The van der Waals surface area contributed by atoms with Gasteiger partial charge in [0.1, 0.15) is 0 Å². The summed E-state index contributed by atoms with van der Waals surface area (Å²) in [5.74, 6) is 0. The van der Waals surface area contributed by atoms with Gasteiger partial charge in [-0.25, -0.2) is 0 Å². The van der Waals surface area contributed by atoms with Crippen molar-refractivity contribution in [3.8, 4) is 0 Å². The molecule has 0 aromatic heterocycles. The lowest BCUT2D eigenvalue weighted by Crippen LogP contribution is -2.15. The highest BCUT2D eigenvalue weighted by Crippen LogP contribution is 2.07. The van der Waals surface area contributed by atoms with Gasteiger partial charge in [0, 0.05) is 38.7 Å². The number of hydrogen-bond acceptors (Lipinski definition) is 4. The first kappa shape index (κ1) is 29.3. The van der Waals surface area contributed by atoms with Crippen LogP contribution in [0.25, 0.3) is 0 Å². The minimum atomic E-state index is 0.214. The van der Waals surface area contributed by atoms with E-state index in [1.165, 1.54) is 51.4 Å². The largest absolute Gasteiger partial charge is 0.373 e. The van der Waals surface area contributed by atoms with E-state index in [4.69, 9.17) is 9.47 Å². The maximum atomic E-state index is 5.96. The van der Waals surface area contributed by atoms with E-state index >= 15 is 0 Å². The Kier molecular flexibility index (Phi) is 23.9. The third kappa shape index (κ3) is 20.5. The SMILES string of the molecule is CCCCOC(C=NCCCCCCN=CC(CCCC)OCCCC)CCCC. The minimum Gasteiger partial charge on any atom is -0.373 e. The molecule has 0 aliphatic rings. The molecule has 30 heavy (non-hydrogen) atoms. The first-order valence-electron chi connectivity index (χ1n) is 13.0. The highest BCUT2D eigenvalue weighted by molar-refractivity contribution is 5.63. The van der Waals surface area contributed by atoms with Crippen LogP contribution in [0.3, 0.4) is 0 Å². The van der Waals surface area contributed by atoms with Crippen molar-refractivity contribution in [2.75, 3.05) is 26.3 Å². The minimum absolute atomic E-state index is 0.214. The van der Waals surface area contributed by atoms with Crippen molar-refractivity contribution >= 4 is 12.4 Å². The summed E-state index contributed by atoms with van der Waals surface area (Å²) in [6.45, 7) is 12.4. The number of aliphatic imine (C=N–C) groups is 2. The molecule has 0 saturated carbocycles. The van der Waals surface area contributed by atoms with Crippen molar-refractivity contribution < 1.29 is 9.47 Å². The van der Waals surface area contributed by atoms with Crippen LogP contribution in [0.1, 0.15) is 118 Å². The van der Waals surface area contributed by atoms with Crippen molar-refractivity contribution in [3.05, 3.63) is 0 Å². The molecule has 0 bridgehead atoms. The van der Waals surface area contributed by atoms with E-state index in [-0.39, 0.29) is 12.2 Å². The normalized spacial score (nSPS) is 14.1. The molecule has 2 atom stereocenters. The van der Waals surface area contributed by atoms with Crippen molar-refractivity contribution in [2.24, 2.45) is 9.98 Å². The lowest BCUT2D eigenvalue weighted by Gasteiger charge is -2.13. The van der Waals surface area contributed by atoms with Gasteiger partial charge in [-0.15, -0.1) is 0 Å². The fourth-order valence-corrected chi connectivity index (χ4v) is 3.11. The molecule has 4 nitrogen and oxygen atoms in total. The van der Waals surface area contributed by atoms with E-state index in [1.54, 1.807) is 0 Å². The number of nitrogens with zero attached hydrogens (tertiary/aromatic N) is 2. The van der Waals surface area contributed by atoms with Gasteiger partial charge in [-0.2, -0.15) is 0 Å². The van der Waals surface area contributed by atoms with E-state index in [2.05, 4.69) is 50.1 Å². The van der Waals surface area contributed by atoms with Crippen LogP contribution in [0.15, 0.2) is 9.98 Å². The van der Waals surface area contributed by atoms with Crippen LogP contribution >= 0.6 is 0 Å². The quantitative estimate of drug-likeness (QED) is 0.126. The smallest absolute Gasteiger partial charge is 0.0921 e. The summed E-state index contributed by atoms with van der Waals surface area (Å²) >= 11 is 0. The van der Waals surface area contributed by atoms with Crippen LogP contribution in [0.2, 0.25) is 0 Å². The number of unbranched alkanes of at least 4 members (excludes halogenated alkanes) is 7. The van der Waals surface area contributed by atoms with E-state index in [0.29, 0.717) is 0 Å². The Morgan fingerprint density at radius 2 is 0.933 bits per heavy atom. The molecule has 0 radical (unpaired) electrons. The van der Waals surface area contributed by atoms with Gasteiger partial charge in [-0.1, -0.05) is 79.1 Å². The molecule has 178 valence electrons. The standard InChI is InChI=1S/C26H52N2O2/c1-5-9-17-25(29-21-11-7-3)23-27-19-15-13-14-16-20-28-24-26(18-10-6-2)30-22-12-8-4/h23-26H,5-22H2,1-4H3. The van der Waals surface area contributed by atoms with Crippen LogP contribution in [-0.2, 0) is 9.47 Å². The second kappa shape index (κ2) is 24.5. The van der Waals surface area contributed by atoms with Crippen LogP contribution in [0.5, 0.6) is 0 Å². The van der Waals surface area contributed by atoms with Gasteiger partial charge in [0.05, 0.1) is 12.2 Å². The average Bonchev–Trinajstić information content (AvgIpc) is 2.76. The van der Waals surface area contributed by atoms with Gasteiger partial charge in [0.25, 0.3) is 0 Å². The molecule has 0 fully saturated rings. The molecule has 0 aromatic carbocycles. The third-order valence-electron chi connectivity index (χ3n) is 5.21. The molecule has 2 unspecified atom stereocenters. The van der Waals surface area contributed by atoms with Gasteiger partial charge in [-0.05, 0) is 38.5 Å². The lowest BCUT2D eigenvalue weighted by atomic mass is 10.1. The van der Waals surface area contributed by atoms with Gasteiger partial charge in [0.2, 0.25) is 0 Å². The second-order valence-corrected chi connectivity index (χ2v) is 8.33. The fraction of sp³-hybridized carbons (Fsp3) is 0.923. The molecule has 0 aliphatic heterocycles. The van der Waals surface area contributed by atoms with Crippen molar-refractivity contribution in [1.82, 2.24) is 0 Å². The molecule has 4 heteroatoms. The monoisotopic (exact) mass is 424 g/mol. The van der Waals surface area contributed by atoms with Crippen LogP contribution in [0, 0.1) is 0 Å². The maximum absolute atomic E-state index is 5.96. The predicted molar refractivity (Wildman–Crippen MR) is 134 cm³/mol. The molecule has 0 aromatic rings. The Morgan fingerprint density at radius 1 is 0.533 bits per heavy atom. The van der Waals surface area contributed by atoms with Crippen molar-refractivity contribution in [3.63, 3.8) is 0 Å². The third-order valence-corrected chi connectivity index (χ3v) is 5.21. The second-order valence-electron chi connectivity index (χ2n) is 8.33. The summed E-state index contributed by atoms with van der Waals surface area (Å²) in [5.41, 5.74) is 0. The van der Waals surface area contributed by atoms with E-state index < -0.39 is 0 Å². The molecule has 0 rings (SSSR count). The number of ether oxygens (including phenoxy) is 2. The van der Waals surface area contributed by atoms with Gasteiger partial charge >= 0.3 is 0 Å². The zero-order valence-electron chi connectivity index (χ0n) is 20.7. The highest BCUT2D eigenvalue weighted by Gasteiger charge is 2.05. The lowest BCUT2D eigenvalue weighted by molar-refractivity contribution is 0.0910. The Morgan fingerprint density at radius 3 is 1.30 bits per heavy atom. The molecular formula is C26H52N2O2. The van der Waals surface area contributed by atoms with Gasteiger partial charge < -0.3 is 9.47 Å². The molecule has 0 aliphatic carbocycles. The van der Waals surface area contributed by atoms with E-state index in [0.717, 1.165) is 64.8 Å². The van der Waals surface area contributed by atoms with E-state index in [1.807, 2.05) is 0 Å². The van der Waals surface area contributed by atoms with Crippen molar-refractivity contribution in [2.45, 2.75) is 130 Å². The summed E-state index contributed by atoms with van der Waals surface area (Å²) in [4.78, 5) is 9.26. The molecule has 0 N–H and O–H groups in total. The summed E-state index contributed by atoms with van der Waals surface area (Å²) in [7, 11) is 0. The molecule has 0 spiro atoms.